The number of hydrogen-bond acceptors (Lipinski definition) is 4. The van der Waals surface area contributed by atoms with Gasteiger partial charge in [0.1, 0.15) is 16.6 Å². The lowest BCUT2D eigenvalue weighted by Crippen LogP contribution is -2.36. The first-order valence-corrected chi connectivity index (χ1v) is 10.7. The van der Waals surface area contributed by atoms with E-state index in [0.717, 1.165) is 30.4 Å². The molecule has 0 bridgehead atoms. The zero-order valence-corrected chi connectivity index (χ0v) is 17.8. The van der Waals surface area contributed by atoms with Gasteiger partial charge in [-0.15, -0.1) is 0 Å². The van der Waals surface area contributed by atoms with E-state index < -0.39 is 24.2 Å². The summed E-state index contributed by atoms with van der Waals surface area (Å²) in [5.74, 6) is 0.215. The summed E-state index contributed by atoms with van der Waals surface area (Å²) < 4.78 is 47.7. The van der Waals surface area contributed by atoms with Crippen LogP contribution in [0.5, 0.6) is 5.75 Å². The number of methoxy groups -OCH3 is 1. The molecule has 168 valence electrons. The molecule has 2 atom stereocenters. The number of hydrogen-bond donors (Lipinski definition) is 1. The van der Waals surface area contributed by atoms with Gasteiger partial charge >= 0.3 is 6.18 Å². The van der Waals surface area contributed by atoms with Gasteiger partial charge in [0.05, 0.1) is 13.2 Å². The van der Waals surface area contributed by atoms with Gasteiger partial charge < -0.3 is 15.0 Å². The molecule has 6 nitrogen and oxygen atoms in total. The van der Waals surface area contributed by atoms with Crippen LogP contribution in [0.3, 0.4) is 0 Å². The number of carbonyl (C=O) groups is 1. The maximum Gasteiger partial charge on any atom is 0.410 e. The van der Waals surface area contributed by atoms with Crippen LogP contribution in [0.15, 0.2) is 24.3 Å². The highest BCUT2D eigenvalue weighted by Crippen LogP contribution is 2.46. The number of carbonyl (C=O) groups excluding carboxylic acids is 1. The Bertz CT molecular complexity index is 937. The summed E-state index contributed by atoms with van der Waals surface area (Å²) in [6.45, 7) is 1.11. The van der Waals surface area contributed by atoms with Gasteiger partial charge in [-0.05, 0) is 30.5 Å². The van der Waals surface area contributed by atoms with Gasteiger partial charge in [-0.2, -0.15) is 18.3 Å². The fraction of sp³-hybridized carbons (Fsp3) is 0.524. The van der Waals surface area contributed by atoms with E-state index in [2.05, 4.69) is 10.4 Å². The van der Waals surface area contributed by atoms with Gasteiger partial charge in [0, 0.05) is 19.5 Å². The van der Waals surface area contributed by atoms with Crippen LogP contribution >= 0.6 is 11.6 Å². The first-order chi connectivity index (χ1) is 14.8. The van der Waals surface area contributed by atoms with Crippen LogP contribution in [0.2, 0.25) is 5.02 Å². The van der Waals surface area contributed by atoms with Gasteiger partial charge in [0.15, 0.2) is 11.7 Å². The van der Waals surface area contributed by atoms with Crippen LogP contribution < -0.4 is 10.1 Å². The molecule has 10 heteroatoms. The molecular formula is C21H24ClF3N4O2. The highest BCUT2D eigenvalue weighted by Gasteiger charge is 2.48. The Morgan fingerprint density at radius 2 is 1.81 bits per heavy atom. The first-order valence-electron chi connectivity index (χ1n) is 10.3. The molecule has 1 aromatic carbocycles. The molecular weight excluding hydrogens is 433 g/mol. The second-order valence-electron chi connectivity index (χ2n) is 7.93. The lowest BCUT2D eigenvalue weighted by Gasteiger charge is -2.33. The summed E-state index contributed by atoms with van der Waals surface area (Å²) >= 11 is 6.43. The molecule has 2 aromatic rings. The molecule has 2 aliphatic heterocycles. The molecule has 1 aromatic heterocycles. The number of aromatic nitrogens is 2. The number of fused-ring (bicyclic) bond motifs is 1. The Hall–Kier alpha value is -2.42. The molecule has 2 aliphatic rings. The predicted octanol–water partition coefficient (Wildman–Crippen LogP) is 5.22. The van der Waals surface area contributed by atoms with E-state index in [1.807, 2.05) is 0 Å². The monoisotopic (exact) mass is 456 g/mol. The number of alkyl halides is 3. The normalized spacial score (nSPS) is 21.8. The predicted molar refractivity (Wildman–Crippen MR) is 111 cm³/mol. The fourth-order valence-corrected chi connectivity index (χ4v) is 4.46. The van der Waals surface area contributed by atoms with Gasteiger partial charge in [0.25, 0.3) is 5.91 Å². The minimum Gasteiger partial charge on any atom is -0.497 e. The maximum atomic E-state index is 13.9. The van der Waals surface area contributed by atoms with Crippen molar-refractivity contribution < 1.29 is 22.7 Å². The summed E-state index contributed by atoms with van der Waals surface area (Å²) in [6, 6.07) is 4.29. The fourth-order valence-electron chi connectivity index (χ4n) is 4.20. The average Bonchev–Trinajstić information content (AvgIpc) is 2.93. The van der Waals surface area contributed by atoms with E-state index in [9.17, 15) is 18.0 Å². The van der Waals surface area contributed by atoms with Crippen molar-refractivity contribution in [3.05, 3.63) is 40.5 Å². The van der Waals surface area contributed by atoms with E-state index in [1.165, 1.54) is 7.11 Å². The number of halogens is 4. The number of nitrogens with one attached hydrogen (secondary N) is 1. The number of nitrogens with zero attached hydrogens (tertiary/aromatic N) is 3. The van der Waals surface area contributed by atoms with Gasteiger partial charge in [-0.1, -0.05) is 36.6 Å². The topological polar surface area (TPSA) is 59.4 Å². The summed E-state index contributed by atoms with van der Waals surface area (Å²) in [4.78, 5) is 14.6. The minimum atomic E-state index is -4.54. The molecule has 1 N–H and O–H groups in total. The lowest BCUT2D eigenvalue weighted by molar-refractivity contribution is -0.173. The Morgan fingerprint density at radius 1 is 1.16 bits per heavy atom. The first kappa shape index (κ1) is 21.8. The van der Waals surface area contributed by atoms with Crippen LogP contribution in [0, 0.1) is 0 Å². The number of ether oxygens (including phenoxy) is 1. The van der Waals surface area contributed by atoms with E-state index in [1.54, 1.807) is 29.2 Å². The Kier molecular flexibility index (Phi) is 6.05. The van der Waals surface area contributed by atoms with Crippen molar-refractivity contribution in [3.8, 4) is 5.75 Å². The summed E-state index contributed by atoms with van der Waals surface area (Å²) in [5, 5.41) is 7.05. The van der Waals surface area contributed by atoms with E-state index in [0.29, 0.717) is 24.4 Å². The molecule has 0 aliphatic carbocycles. The number of amides is 1. The quantitative estimate of drug-likeness (QED) is 0.687. The summed E-state index contributed by atoms with van der Waals surface area (Å²) in [6.07, 6.45) is -1.03. The Morgan fingerprint density at radius 3 is 2.39 bits per heavy atom. The number of benzene rings is 1. The van der Waals surface area contributed by atoms with Gasteiger partial charge in [-0.25, -0.2) is 4.68 Å². The largest absolute Gasteiger partial charge is 0.497 e. The van der Waals surface area contributed by atoms with Crippen LogP contribution in [0.1, 0.15) is 60.2 Å². The Labute approximate surface area is 183 Å². The molecule has 31 heavy (non-hydrogen) atoms. The van der Waals surface area contributed by atoms with Crippen molar-refractivity contribution >= 4 is 23.3 Å². The van der Waals surface area contributed by atoms with E-state index in [4.69, 9.17) is 16.3 Å². The molecule has 1 amide bonds. The average molecular weight is 457 g/mol. The number of rotatable bonds is 3. The minimum absolute atomic E-state index is 0.0224. The number of likely N-dealkylation sites (tertiary alicyclic amines) is 1. The SMILES string of the molecule is COc1ccc([C@H]2C[C@H](C(F)(F)F)n3nc(C(=O)N4CCCCCC4)c(Cl)c3N2)cc1. The molecule has 0 spiro atoms. The summed E-state index contributed by atoms with van der Waals surface area (Å²) in [5.41, 5.74) is 0.537. The van der Waals surface area contributed by atoms with Gasteiger partial charge in [0.2, 0.25) is 0 Å². The van der Waals surface area contributed by atoms with Crippen molar-refractivity contribution in [2.24, 2.45) is 0 Å². The third kappa shape index (κ3) is 4.33. The molecule has 0 unspecified atom stereocenters. The Balaban J connectivity index is 1.69. The van der Waals surface area contributed by atoms with Crippen LogP contribution in [0.25, 0.3) is 0 Å². The van der Waals surface area contributed by atoms with Crippen LogP contribution in [-0.2, 0) is 0 Å². The second kappa shape index (κ2) is 8.61. The third-order valence-electron chi connectivity index (χ3n) is 5.91. The van der Waals surface area contributed by atoms with Crippen molar-refractivity contribution in [2.75, 3.05) is 25.5 Å². The lowest BCUT2D eigenvalue weighted by atomic mass is 9.97. The smallest absolute Gasteiger partial charge is 0.410 e. The standard InChI is InChI=1S/C21H24ClF3N4O2/c1-31-14-8-6-13(7-9-14)15-12-16(21(23,24)25)29-19(26-15)17(22)18(27-29)20(30)28-10-4-2-3-5-11-28/h6-9,15-16,26H,2-5,10-12H2,1H3/t15-,16-/m1/s1. The second-order valence-corrected chi connectivity index (χ2v) is 8.30. The van der Waals surface area contributed by atoms with Crippen LogP contribution in [0.4, 0.5) is 19.0 Å². The van der Waals surface area contributed by atoms with Gasteiger partial charge in [-0.3, -0.25) is 4.79 Å². The van der Waals surface area contributed by atoms with E-state index in [-0.39, 0.29) is 23.0 Å². The van der Waals surface area contributed by atoms with E-state index >= 15 is 0 Å². The highest BCUT2D eigenvalue weighted by molar-refractivity contribution is 6.36. The molecule has 4 rings (SSSR count). The van der Waals surface area contributed by atoms with Crippen molar-refractivity contribution in [3.63, 3.8) is 0 Å². The van der Waals surface area contributed by atoms with Crippen molar-refractivity contribution in [2.45, 2.75) is 50.4 Å². The molecule has 3 heterocycles. The zero-order chi connectivity index (χ0) is 22.2. The molecule has 0 saturated carbocycles. The zero-order valence-electron chi connectivity index (χ0n) is 17.1. The highest BCUT2D eigenvalue weighted by atomic mass is 35.5. The molecule has 0 radical (unpaired) electrons. The maximum absolute atomic E-state index is 13.9. The molecule has 1 saturated heterocycles. The van der Waals surface area contributed by atoms with Crippen molar-refractivity contribution in [1.29, 1.82) is 0 Å². The van der Waals surface area contributed by atoms with Crippen LogP contribution in [-0.4, -0.2) is 47.0 Å². The third-order valence-corrected chi connectivity index (χ3v) is 6.27. The number of anilines is 1. The molecule has 1 fully saturated rings. The summed E-state index contributed by atoms with van der Waals surface area (Å²) in [7, 11) is 1.52. The van der Waals surface area contributed by atoms with Crippen molar-refractivity contribution in [1.82, 2.24) is 14.7 Å².